The van der Waals surface area contributed by atoms with Gasteiger partial charge in [0.15, 0.2) is 11.6 Å². The number of fused-ring (bicyclic) bond motifs is 3. The fourth-order valence-electron chi connectivity index (χ4n) is 6.20. The third kappa shape index (κ3) is 2.25. The molecule has 4 rings (SSSR count). The lowest BCUT2D eigenvalue weighted by molar-refractivity contribution is -0.303. The molecule has 2 fully saturated rings. The zero-order valence-electron chi connectivity index (χ0n) is 18.1. The molecule has 4 aliphatic rings. The minimum absolute atomic E-state index is 0.00365. The van der Waals surface area contributed by atoms with Gasteiger partial charge in [0.2, 0.25) is 0 Å². The van der Waals surface area contributed by atoms with Crippen molar-refractivity contribution in [2.45, 2.75) is 78.5 Å². The number of hydrogen-bond donors (Lipinski definition) is 2. The van der Waals surface area contributed by atoms with Gasteiger partial charge < -0.3 is 19.7 Å². The van der Waals surface area contributed by atoms with Gasteiger partial charge in [-0.05, 0) is 55.6 Å². The van der Waals surface area contributed by atoms with Crippen LogP contribution in [0.3, 0.4) is 0 Å². The van der Waals surface area contributed by atoms with E-state index in [1.54, 1.807) is 6.92 Å². The Morgan fingerprint density at radius 3 is 2.43 bits per heavy atom. The van der Waals surface area contributed by atoms with E-state index in [-0.39, 0.29) is 35.6 Å². The molecule has 6 unspecified atom stereocenters. The fourth-order valence-corrected chi connectivity index (χ4v) is 6.20. The van der Waals surface area contributed by atoms with Gasteiger partial charge in [-0.3, -0.25) is 4.79 Å². The summed E-state index contributed by atoms with van der Waals surface area (Å²) in [5.74, 6) is -1.13. The first kappa shape index (κ1) is 20.3. The lowest BCUT2D eigenvalue weighted by Gasteiger charge is -2.52. The summed E-state index contributed by atoms with van der Waals surface area (Å²) in [4.78, 5) is 14.2. The smallest absolute Gasteiger partial charge is 0.164 e. The molecule has 5 nitrogen and oxygen atoms in total. The van der Waals surface area contributed by atoms with Crippen molar-refractivity contribution in [1.82, 2.24) is 0 Å². The highest BCUT2D eigenvalue weighted by Crippen LogP contribution is 2.63. The van der Waals surface area contributed by atoms with E-state index in [0.29, 0.717) is 5.57 Å². The van der Waals surface area contributed by atoms with Crippen LogP contribution in [-0.4, -0.2) is 46.2 Å². The van der Waals surface area contributed by atoms with Crippen LogP contribution in [-0.2, 0) is 14.3 Å². The number of hydrogen-bond acceptors (Lipinski definition) is 5. The van der Waals surface area contributed by atoms with Crippen molar-refractivity contribution in [3.8, 4) is 0 Å². The fraction of sp³-hybridized carbons (Fsp3) is 0.783. The van der Waals surface area contributed by atoms with E-state index in [1.165, 1.54) is 0 Å². The monoisotopic (exact) mass is 390 g/mol. The van der Waals surface area contributed by atoms with Gasteiger partial charge in [-0.1, -0.05) is 39.8 Å². The Morgan fingerprint density at radius 1 is 1.14 bits per heavy atom. The van der Waals surface area contributed by atoms with Crippen LogP contribution in [0.2, 0.25) is 0 Å². The summed E-state index contributed by atoms with van der Waals surface area (Å²) in [6, 6.07) is 0. The standard InChI is InChI=1S/C23H34O5/c1-12-10-22-14(3)8-13(2)20(4,5)16(18(22)25)9-15-11-27-21(6,7)28-19(15)23(22,26)17(12)24/h9-10,13-14,16-17,19,24,26H,8,11H2,1-7H3/t13?,14-,16?,17?,19?,22?,23?/m1/s1. The number of Topliss-reactive ketones (excluding diaryl/α,β-unsaturated/α-hetero) is 1. The molecule has 156 valence electrons. The molecule has 5 heteroatoms. The minimum atomic E-state index is -1.74. The highest BCUT2D eigenvalue weighted by Gasteiger charge is 2.73. The Hall–Kier alpha value is -1.01. The van der Waals surface area contributed by atoms with Crippen LogP contribution in [0.15, 0.2) is 23.3 Å². The van der Waals surface area contributed by atoms with E-state index >= 15 is 0 Å². The number of ether oxygens (including phenoxy) is 2. The Bertz CT molecular complexity index is 778. The summed E-state index contributed by atoms with van der Waals surface area (Å²) in [5.41, 5.74) is -1.80. The molecule has 7 atom stereocenters. The number of carbonyl (C=O) groups is 1. The summed E-state index contributed by atoms with van der Waals surface area (Å²) >= 11 is 0. The van der Waals surface area contributed by atoms with E-state index < -0.39 is 29.0 Å². The van der Waals surface area contributed by atoms with E-state index in [1.807, 2.05) is 32.9 Å². The maximum Gasteiger partial charge on any atom is 0.164 e. The summed E-state index contributed by atoms with van der Waals surface area (Å²) in [6.07, 6.45) is 2.68. The molecular formula is C23H34O5. The first-order valence-electron chi connectivity index (χ1n) is 10.5. The Morgan fingerprint density at radius 2 is 1.79 bits per heavy atom. The third-order valence-corrected chi connectivity index (χ3v) is 8.32. The second-order valence-corrected chi connectivity index (χ2v) is 10.6. The van der Waals surface area contributed by atoms with E-state index in [0.717, 1.165) is 12.0 Å². The lowest BCUT2D eigenvalue weighted by Crippen LogP contribution is -2.67. The number of rotatable bonds is 0. The molecule has 1 saturated carbocycles. The van der Waals surface area contributed by atoms with E-state index in [4.69, 9.17) is 9.47 Å². The van der Waals surface area contributed by atoms with E-state index in [9.17, 15) is 15.0 Å². The van der Waals surface area contributed by atoms with Crippen molar-refractivity contribution in [2.75, 3.05) is 6.61 Å². The number of ketones is 1. The molecule has 0 aromatic rings. The molecule has 1 heterocycles. The summed E-state index contributed by atoms with van der Waals surface area (Å²) in [5, 5.41) is 23.4. The van der Waals surface area contributed by atoms with Crippen LogP contribution in [0.5, 0.6) is 0 Å². The van der Waals surface area contributed by atoms with Crippen LogP contribution in [0.1, 0.15) is 54.9 Å². The Balaban J connectivity index is 2.04. The molecule has 28 heavy (non-hydrogen) atoms. The zero-order chi connectivity index (χ0) is 20.9. The largest absolute Gasteiger partial charge is 0.386 e. The number of aliphatic hydroxyl groups excluding tert-OH is 1. The average molecular weight is 391 g/mol. The van der Waals surface area contributed by atoms with Crippen molar-refractivity contribution in [2.24, 2.45) is 28.6 Å². The van der Waals surface area contributed by atoms with Gasteiger partial charge in [0, 0.05) is 5.92 Å². The first-order valence-corrected chi connectivity index (χ1v) is 10.5. The zero-order valence-corrected chi connectivity index (χ0v) is 18.1. The number of allylic oxidation sites excluding steroid dienone is 1. The molecule has 1 aliphatic heterocycles. The van der Waals surface area contributed by atoms with Crippen molar-refractivity contribution >= 4 is 5.78 Å². The van der Waals surface area contributed by atoms with Gasteiger partial charge >= 0.3 is 0 Å². The van der Waals surface area contributed by atoms with Crippen LogP contribution < -0.4 is 0 Å². The van der Waals surface area contributed by atoms with E-state index in [2.05, 4.69) is 20.8 Å². The van der Waals surface area contributed by atoms with Gasteiger partial charge in [0.05, 0.1) is 12.0 Å². The second kappa shape index (κ2) is 5.78. The second-order valence-electron chi connectivity index (χ2n) is 10.6. The molecular weight excluding hydrogens is 356 g/mol. The Labute approximate surface area is 167 Å². The summed E-state index contributed by atoms with van der Waals surface area (Å²) < 4.78 is 12.1. The SMILES string of the molecule is CC1=CC23C(=O)C(C=C4COC(C)(C)OC4C2(O)C1O)C(C)(C)C(C)C[C@H]3C. The Kier molecular flexibility index (Phi) is 4.18. The predicted octanol–water partition coefficient (Wildman–Crippen LogP) is 3.00. The van der Waals surface area contributed by atoms with Crippen LogP contribution in [0.25, 0.3) is 0 Å². The summed E-state index contributed by atoms with van der Waals surface area (Å²) in [7, 11) is 0. The van der Waals surface area contributed by atoms with Crippen LogP contribution >= 0.6 is 0 Å². The van der Waals surface area contributed by atoms with Crippen LogP contribution in [0, 0.1) is 28.6 Å². The molecule has 0 amide bonds. The predicted molar refractivity (Wildman–Crippen MR) is 105 cm³/mol. The van der Waals surface area contributed by atoms with Gasteiger partial charge in [0.1, 0.15) is 17.8 Å². The highest BCUT2D eigenvalue weighted by molar-refractivity contribution is 5.95. The third-order valence-electron chi connectivity index (χ3n) is 8.32. The highest BCUT2D eigenvalue weighted by atomic mass is 16.7. The topological polar surface area (TPSA) is 76.0 Å². The van der Waals surface area contributed by atoms with Crippen molar-refractivity contribution in [1.29, 1.82) is 0 Å². The quantitative estimate of drug-likeness (QED) is 0.622. The number of carbonyl (C=O) groups excluding carboxylic acids is 1. The molecule has 2 bridgehead atoms. The maximum atomic E-state index is 14.2. The van der Waals surface area contributed by atoms with Crippen LogP contribution in [0.4, 0.5) is 0 Å². The van der Waals surface area contributed by atoms with Gasteiger partial charge in [0.25, 0.3) is 0 Å². The molecule has 3 aliphatic carbocycles. The van der Waals surface area contributed by atoms with Gasteiger partial charge in [-0.2, -0.15) is 0 Å². The average Bonchev–Trinajstić information content (AvgIpc) is 2.73. The van der Waals surface area contributed by atoms with Crippen molar-refractivity contribution < 1.29 is 24.5 Å². The van der Waals surface area contributed by atoms with Gasteiger partial charge in [-0.25, -0.2) is 0 Å². The molecule has 1 saturated heterocycles. The maximum absolute atomic E-state index is 14.2. The lowest BCUT2D eigenvalue weighted by atomic mass is 9.59. The normalized spacial score (nSPS) is 49.3. The summed E-state index contributed by atoms with van der Waals surface area (Å²) in [6.45, 7) is 14.2. The van der Waals surface area contributed by atoms with Crippen molar-refractivity contribution in [3.63, 3.8) is 0 Å². The molecule has 2 N–H and O–H groups in total. The molecule has 0 aromatic heterocycles. The van der Waals surface area contributed by atoms with Gasteiger partial charge in [-0.15, -0.1) is 0 Å². The minimum Gasteiger partial charge on any atom is -0.386 e. The first-order chi connectivity index (χ1) is 12.8. The number of aliphatic hydroxyl groups is 2. The molecule has 0 aromatic carbocycles. The van der Waals surface area contributed by atoms with Crippen molar-refractivity contribution in [3.05, 3.63) is 23.3 Å². The molecule has 0 radical (unpaired) electrons. The molecule has 1 spiro atoms.